The number of carbonyl (C=O) groups excluding carboxylic acids is 2. The van der Waals surface area contributed by atoms with E-state index in [0.717, 1.165) is 32.1 Å². The third-order valence-corrected chi connectivity index (χ3v) is 6.39. The van der Waals surface area contributed by atoms with Gasteiger partial charge in [0.05, 0.1) is 11.1 Å². The number of fused-ring (bicyclic) bond motifs is 1. The molecule has 0 radical (unpaired) electrons. The molecule has 0 spiro atoms. The maximum absolute atomic E-state index is 12.8. The predicted octanol–water partition coefficient (Wildman–Crippen LogP) is 2.19. The largest absolute Gasteiger partial charge is 0.325 e. The van der Waals surface area contributed by atoms with Crippen LogP contribution < -0.4 is 5.73 Å². The first-order chi connectivity index (χ1) is 10.6. The SMILES string of the molecule is N[C@]12CC3CC(C1)[C@@H](N1C(=O)c4ccccc4C1=O)C(C3)C2. The van der Waals surface area contributed by atoms with Crippen molar-refractivity contribution in [2.24, 2.45) is 23.5 Å². The molecule has 2 N–H and O–H groups in total. The van der Waals surface area contributed by atoms with Crippen molar-refractivity contribution in [1.82, 2.24) is 4.90 Å². The Morgan fingerprint density at radius 3 is 2.00 bits per heavy atom. The number of nitrogens with two attached hydrogens (primary N) is 1. The zero-order chi connectivity index (χ0) is 15.1. The second kappa shape index (κ2) is 3.99. The minimum atomic E-state index is -0.0934. The zero-order valence-electron chi connectivity index (χ0n) is 12.5. The quantitative estimate of drug-likeness (QED) is 0.808. The zero-order valence-corrected chi connectivity index (χ0v) is 12.5. The van der Waals surface area contributed by atoms with Crippen LogP contribution in [0.15, 0.2) is 24.3 Å². The van der Waals surface area contributed by atoms with Crippen LogP contribution in [-0.2, 0) is 0 Å². The molecule has 114 valence electrons. The normalized spacial score (nSPS) is 42.1. The van der Waals surface area contributed by atoms with Crippen LogP contribution in [0.4, 0.5) is 0 Å². The van der Waals surface area contributed by atoms with E-state index in [0.29, 0.717) is 28.9 Å². The molecule has 4 aliphatic carbocycles. The molecule has 2 atom stereocenters. The Kier molecular flexibility index (Phi) is 2.32. The lowest BCUT2D eigenvalue weighted by molar-refractivity contribution is -0.0584. The summed E-state index contributed by atoms with van der Waals surface area (Å²) in [6.45, 7) is 0. The van der Waals surface area contributed by atoms with Crippen molar-refractivity contribution < 1.29 is 9.59 Å². The van der Waals surface area contributed by atoms with Crippen molar-refractivity contribution in [3.63, 3.8) is 0 Å². The summed E-state index contributed by atoms with van der Waals surface area (Å²) in [6, 6.07) is 7.28. The Balaban J connectivity index is 1.54. The second-order valence-corrected chi connectivity index (χ2v) is 7.85. The maximum atomic E-state index is 12.8. The summed E-state index contributed by atoms with van der Waals surface area (Å²) in [5.74, 6) is 1.32. The molecule has 2 unspecified atom stereocenters. The molecule has 1 aromatic rings. The lowest BCUT2D eigenvalue weighted by atomic mass is 9.51. The van der Waals surface area contributed by atoms with Crippen LogP contribution in [0.1, 0.15) is 52.8 Å². The molecule has 4 saturated carbocycles. The molecule has 2 amide bonds. The highest BCUT2D eigenvalue weighted by Crippen LogP contribution is 2.56. The van der Waals surface area contributed by atoms with Crippen LogP contribution in [0.5, 0.6) is 0 Å². The van der Waals surface area contributed by atoms with E-state index in [4.69, 9.17) is 5.73 Å². The minimum Gasteiger partial charge on any atom is -0.325 e. The molecule has 4 fully saturated rings. The van der Waals surface area contributed by atoms with Crippen molar-refractivity contribution in [3.8, 4) is 0 Å². The van der Waals surface area contributed by atoms with Gasteiger partial charge >= 0.3 is 0 Å². The topological polar surface area (TPSA) is 63.4 Å². The van der Waals surface area contributed by atoms with E-state index in [1.807, 2.05) is 12.1 Å². The van der Waals surface area contributed by atoms with Crippen molar-refractivity contribution in [1.29, 1.82) is 0 Å². The minimum absolute atomic E-state index is 0.0360. The third kappa shape index (κ3) is 1.51. The number of hydrogen-bond donors (Lipinski definition) is 1. The number of imide groups is 1. The summed E-state index contributed by atoms with van der Waals surface area (Å²) in [4.78, 5) is 27.2. The highest BCUT2D eigenvalue weighted by molar-refractivity contribution is 6.21. The van der Waals surface area contributed by atoms with Crippen molar-refractivity contribution in [2.45, 2.75) is 43.7 Å². The average molecular weight is 296 g/mol. The monoisotopic (exact) mass is 296 g/mol. The van der Waals surface area contributed by atoms with Gasteiger partial charge in [0, 0.05) is 11.6 Å². The Morgan fingerprint density at radius 1 is 0.955 bits per heavy atom. The molecular formula is C18H20N2O2. The Morgan fingerprint density at radius 2 is 1.50 bits per heavy atom. The lowest BCUT2D eigenvalue weighted by Gasteiger charge is -2.60. The number of nitrogens with zero attached hydrogens (tertiary/aromatic N) is 1. The van der Waals surface area contributed by atoms with Crippen molar-refractivity contribution in [3.05, 3.63) is 35.4 Å². The van der Waals surface area contributed by atoms with E-state index < -0.39 is 0 Å². The van der Waals surface area contributed by atoms with Gasteiger partial charge in [-0.15, -0.1) is 0 Å². The molecular weight excluding hydrogens is 276 g/mol. The first-order valence-corrected chi connectivity index (χ1v) is 8.31. The van der Waals surface area contributed by atoms with E-state index >= 15 is 0 Å². The number of benzene rings is 1. The maximum Gasteiger partial charge on any atom is 0.261 e. The molecule has 5 aliphatic rings. The molecule has 4 heteroatoms. The number of hydrogen-bond acceptors (Lipinski definition) is 3. The molecule has 1 heterocycles. The smallest absolute Gasteiger partial charge is 0.261 e. The standard InChI is InChI=1S/C18H20N2O2/c19-18-7-10-5-11(8-18)15(12(6-10)9-18)20-16(21)13-3-1-2-4-14(13)17(20)22/h1-4,10-12,15H,5-9,19H2/t10?,11?,12?,15-,18-. The third-order valence-electron chi connectivity index (χ3n) is 6.39. The van der Waals surface area contributed by atoms with Gasteiger partial charge in [-0.3, -0.25) is 14.5 Å². The fourth-order valence-corrected chi connectivity index (χ4v) is 5.96. The summed E-state index contributed by atoms with van der Waals surface area (Å²) < 4.78 is 0. The highest BCUT2D eigenvalue weighted by Gasteiger charge is 2.58. The summed E-state index contributed by atoms with van der Waals surface area (Å²) >= 11 is 0. The fraction of sp³-hybridized carbons (Fsp3) is 0.556. The van der Waals surface area contributed by atoms with Gasteiger partial charge < -0.3 is 5.73 Å². The fourth-order valence-electron chi connectivity index (χ4n) is 5.96. The van der Waals surface area contributed by atoms with Gasteiger partial charge in [-0.05, 0) is 62.0 Å². The van der Waals surface area contributed by atoms with Crippen LogP contribution >= 0.6 is 0 Å². The van der Waals surface area contributed by atoms with Crippen molar-refractivity contribution >= 4 is 11.8 Å². The molecule has 0 saturated heterocycles. The van der Waals surface area contributed by atoms with Gasteiger partial charge in [0.15, 0.2) is 0 Å². The van der Waals surface area contributed by atoms with Crippen LogP contribution in [0, 0.1) is 17.8 Å². The summed E-state index contributed by atoms with van der Waals surface area (Å²) in [6.07, 6.45) is 5.34. The van der Waals surface area contributed by atoms with E-state index in [1.165, 1.54) is 0 Å². The molecule has 1 aliphatic heterocycles. The Bertz CT molecular complexity index is 647. The summed E-state index contributed by atoms with van der Waals surface area (Å²) in [5, 5.41) is 0. The predicted molar refractivity (Wildman–Crippen MR) is 81.2 cm³/mol. The van der Waals surface area contributed by atoms with E-state index in [-0.39, 0.29) is 23.4 Å². The lowest BCUT2D eigenvalue weighted by Crippen LogP contribution is -2.65. The number of amides is 2. The van der Waals surface area contributed by atoms with Crippen molar-refractivity contribution in [2.75, 3.05) is 0 Å². The van der Waals surface area contributed by atoms with Crippen LogP contribution in [0.2, 0.25) is 0 Å². The molecule has 4 nitrogen and oxygen atoms in total. The Labute approximate surface area is 129 Å². The summed E-state index contributed by atoms with van der Waals surface area (Å²) in [7, 11) is 0. The van der Waals surface area contributed by atoms with E-state index in [9.17, 15) is 9.59 Å². The Hall–Kier alpha value is -1.68. The van der Waals surface area contributed by atoms with Crippen LogP contribution in [0.3, 0.4) is 0 Å². The van der Waals surface area contributed by atoms with Gasteiger partial charge in [-0.2, -0.15) is 0 Å². The number of carbonyl (C=O) groups is 2. The van der Waals surface area contributed by atoms with Gasteiger partial charge in [0.2, 0.25) is 0 Å². The molecule has 4 bridgehead atoms. The van der Waals surface area contributed by atoms with Gasteiger partial charge in [0.25, 0.3) is 11.8 Å². The number of rotatable bonds is 1. The van der Waals surface area contributed by atoms with Gasteiger partial charge in [-0.1, -0.05) is 12.1 Å². The molecule has 22 heavy (non-hydrogen) atoms. The average Bonchev–Trinajstić information content (AvgIpc) is 2.71. The van der Waals surface area contributed by atoms with E-state index in [2.05, 4.69) is 0 Å². The van der Waals surface area contributed by atoms with Gasteiger partial charge in [-0.25, -0.2) is 0 Å². The van der Waals surface area contributed by atoms with Crippen LogP contribution in [0.25, 0.3) is 0 Å². The molecule has 0 aromatic heterocycles. The van der Waals surface area contributed by atoms with Crippen LogP contribution in [-0.4, -0.2) is 28.3 Å². The summed E-state index contributed by atoms with van der Waals surface area (Å²) in [5.41, 5.74) is 7.66. The highest BCUT2D eigenvalue weighted by atomic mass is 16.2. The first-order valence-electron chi connectivity index (χ1n) is 8.31. The second-order valence-electron chi connectivity index (χ2n) is 7.85. The molecule has 6 rings (SSSR count). The van der Waals surface area contributed by atoms with Gasteiger partial charge in [0.1, 0.15) is 0 Å². The molecule has 1 aromatic carbocycles. The first kappa shape index (κ1) is 12.8. The van der Waals surface area contributed by atoms with E-state index in [1.54, 1.807) is 17.0 Å².